The zero-order chi connectivity index (χ0) is 11.0. The number of benzene rings is 1. The lowest BCUT2D eigenvalue weighted by molar-refractivity contribution is 0.338. The van der Waals surface area contributed by atoms with Crippen LogP contribution >= 0.6 is 0 Å². The normalized spacial score (nSPS) is 16.6. The Labute approximate surface area is 95.6 Å². The second kappa shape index (κ2) is 3.95. The molecule has 0 saturated heterocycles. The first-order valence-corrected chi connectivity index (χ1v) is 6.03. The maximum atomic E-state index is 5.57. The van der Waals surface area contributed by atoms with E-state index in [0.29, 0.717) is 0 Å². The molecule has 84 valence electrons. The van der Waals surface area contributed by atoms with Crippen molar-refractivity contribution < 1.29 is 4.42 Å². The number of furan rings is 1. The van der Waals surface area contributed by atoms with Crippen molar-refractivity contribution in [1.82, 2.24) is 5.32 Å². The molecule has 1 fully saturated rings. The van der Waals surface area contributed by atoms with Gasteiger partial charge in [-0.3, -0.25) is 0 Å². The molecule has 0 bridgehead atoms. The average molecular weight is 215 g/mol. The Morgan fingerprint density at radius 1 is 1.38 bits per heavy atom. The highest BCUT2D eigenvalue weighted by atomic mass is 16.3. The zero-order valence-electron chi connectivity index (χ0n) is 9.62. The molecule has 0 radical (unpaired) electrons. The van der Waals surface area contributed by atoms with Crippen LogP contribution < -0.4 is 5.32 Å². The van der Waals surface area contributed by atoms with Crippen LogP contribution in [0.3, 0.4) is 0 Å². The number of hydrogen-bond acceptors (Lipinski definition) is 2. The van der Waals surface area contributed by atoms with E-state index in [-0.39, 0.29) is 0 Å². The lowest BCUT2D eigenvalue weighted by atomic mass is 9.93. The molecule has 1 heterocycles. The number of nitrogens with one attached hydrogen (secondary N) is 1. The molecule has 16 heavy (non-hydrogen) atoms. The van der Waals surface area contributed by atoms with E-state index in [2.05, 4.69) is 30.4 Å². The molecule has 0 aliphatic heterocycles. The van der Waals surface area contributed by atoms with E-state index in [1.54, 1.807) is 0 Å². The summed E-state index contributed by atoms with van der Waals surface area (Å²) in [7, 11) is 0. The summed E-state index contributed by atoms with van der Waals surface area (Å²) >= 11 is 0. The van der Waals surface area contributed by atoms with Crippen molar-refractivity contribution >= 4 is 11.0 Å². The van der Waals surface area contributed by atoms with Crippen LogP contribution in [0.1, 0.15) is 30.4 Å². The summed E-state index contributed by atoms with van der Waals surface area (Å²) in [5.74, 6) is 0. The Hall–Kier alpha value is -1.28. The Kier molecular flexibility index (Phi) is 2.44. The summed E-state index contributed by atoms with van der Waals surface area (Å²) in [5, 5.41) is 4.82. The smallest absolute Gasteiger partial charge is 0.134 e. The molecule has 0 unspecified atom stereocenters. The molecule has 2 heteroatoms. The van der Waals surface area contributed by atoms with Crippen molar-refractivity contribution in [3.63, 3.8) is 0 Å². The first-order valence-electron chi connectivity index (χ1n) is 6.03. The van der Waals surface area contributed by atoms with Crippen molar-refractivity contribution in [2.75, 3.05) is 0 Å². The van der Waals surface area contributed by atoms with Gasteiger partial charge >= 0.3 is 0 Å². The van der Waals surface area contributed by atoms with Crippen molar-refractivity contribution in [2.24, 2.45) is 0 Å². The standard InChI is InChI=1S/C14H17NO/c1-10-5-6-13-11(9-16-14(13)7-10)8-15-12-3-2-4-12/h5-7,9,12,15H,2-4,8H2,1H3. The van der Waals surface area contributed by atoms with Crippen LogP contribution in [-0.2, 0) is 6.54 Å². The number of hydrogen-bond donors (Lipinski definition) is 1. The SMILES string of the molecule is Cc1ccc2c(CNC3CCC3)coc2c1. The summed E-state index contributed by atoms with van der Waals surface area (Å²) in [6.45, 7) is 3.02. The highest BCUT2D eigenvalue weighted by Crippen LogP contribution is 2.24. The minimum absolute atomic E-state index is 0.732. The van der Waals surface area contributed by atoms with E-state index in [1.807, 2.05) is 6.26 Å². The lowest BCUT2D eigenvalue weighted by Gasteiger charge is -2.26. The largest absolute Gasteiger partial charge is 0.464 e. The first kappa shape index (κ1) is 9.91. The van der Waals surface area contributed by atoms with E-state index >= 15 is 0 Å². The average Bonchev–Trinajstić information content (AvgIpc) is 2.58. The fraction of sp³-hybridized carbons (Fsp3) is 0.429. The summed E-state index contributed by atoms with van der Waals surface area (Å²) < 4.78 is 5.57. The molecular formula is C14H17NO. The van der Waals surface area contributed by atoms with Gasteiger partial charge in [-0.2, -0.15) is 0 Å². The molecule has 1 aliphatic rings. The third-order valence-electron chi connectivity index (χ3n) is 3.50. The molecule has 0 spiro atoms. The van der Waals surface area contributed by atoms with Gasteiger partial charge in [-0.15, -0.1) is 0 Å². The van der Waals surface area contributed by atoms with Gasteiger partial charge in [0.25, 0.3) is 0 Å². The summed E-state index contributed by atoms with van der Waals surface area (Å²) in [4.78, 5) is 0. The van der Waals surface area contributed by atoms with Gasteiger partial charge in [-0.05, 0) is 31.4 Å². The van der Waals surface area contributed by atoms with Crippen LogP contribution in [-0.4, -0.2) is 6.04 Å². The van der Waals surface area contributed by atoms with Gasteiger partial charge in [0.1, 0.15) is 5.58 Å². The maximum absolute atomic E-state index is 5.57. The molecule has 3 rings (SSSR count). The molecule has 0 amide bonds. The Morgan fingerprint density at radius 3 is 3.00 bits per heavy atom. The Bertz CT molecular complexity index is 496. The predicted molar refractivity (Wildman–Crippen MR) is 65.4 cm³/mol. The van der Waals surface area contributed by atoms with Crippen LogP contribution in [0.25, 0.3) is 11.0 Å². The number of rotatable bonds is 3. The monoisotopic (exact) mass is 215 g/mol. The number of aryl methyl sites for hydroxylation is 1. The van der Waals surface area contributed by atoms with Gasteiger partial charge in [0.2, 0.25) is 0 Å². The second-order valence-electron chi connectivity index (χ2n) is 4.77. The van der Waals surface area contributed by atoms with Crippen LogP contribution in [0.4, 0.5) is 0 Å². The third kappa shape index (κ3) is 1.74. The molecule has 1 aromatic heterocycles. The van der Waals surface area contributed by atoms with Crippen molar-refractivity contribution in [2.45, 2.75) is 38.8 Å². The lowest BCUT2D eigenvalue weighted by Crippen LogP contribution is -2.34. The molecule has 1 aliphatic carbocycles. The molecule has 1 N–H and O–H groups in total. The second-order valence-corrected chi connectivity index (χ2v) is 4.77. The summed E-state index contributed by atoms with van der Waals surface area (Å²) in [6.07, 6.45) is 5.92. The van der Waals surface area contributed by atoms with Crippen LogP contribution in [0.15, 0.2) is 28.9 Å². The van der Waals surface area contributed by atoms with Gasteiger partial charge in [-0.1, -0.05) is 18.6 Å². The van der Waals surface area contributed by atoms with Gasteiger partial charge in [0.15, 0.2) is 0 Å². The minimum Gasteiger partial charge on any atom is -0.464 e. The molecule has 2 nitrogen and oxygen atoms in total. The molecule has 2 aromatic rings. The summed E-state index contributed by atoms with van der Waals surface area (Å²) in [5.41, 5.74) is 3.53. The minimum atomic E-state index is 0.732. The van der Waals surface area contributed by atoms with Crippen molar-refractivity contribution in [3.8, 4) is 0 Å². The van der Waals surface area contributed by atoms with Crippen molar-refractivity contribution in [1.29, 1.82) is 0 Å². The topological polar surface area (TPSA) is 25.2 Å². The fourth-order valence-corrected chi connectivity index (χ4v) is 2.19. The van der Waals surface area contributed by atoms with Gasteiger partial charge < -0.3 is 9.73 Å². The molecule has 1 saturated carbocycles. The highest BCUT2D eigenvalue weighted by Gasteiger charge is 2.17. The molecule has 0 atom stereocenters. The quantitative estimate of drug-likeness (QED) is 0.849. The number of fused-ring (bicyclic) bond motifs is 1. The summed E-state index contributed by atoms with van der Waals surface area (Å²) in [6, 6.07) is 7.13. The van der Waals surface area contributed by atoms with E-state index in [9.17, 15) is 0 Å². The highest BCUT2D eigenvalue weighted by molar-refractivity contribution is 5.81. The zero-order valence-corrected chi connectivity index (χ0v) is 9.62. The van der Waals surface area contributed by atoms with E-state index in [1.165, 1.54) is 35.8 Å². The molecule has 1 aromatic carbocycles. The van der Waals surface area contributed by atoms with Crippen LogP contribution in [0.5, 0.6) is 0 Å². The Morgan fingerprint density at radius 2 is 2.25 bits per heavy atom. The fourth-order valence-electron chi connectivity index (χ4n) is 2.19. The first-order chi connectivity index (χ1) is 7.83. The van der Waals surface area contributed by atoms with E-state index in [4.69, 9.17) is 4.42 Å². The molecular weight excluding hydrogens is 198 g/mol. The van der Waals surface area contributed by atoms with Gasteiger partial charge in [-0.25, -0.2) is 0 Å². The van der Waals surface area contributed by atoms with Gasteiger partial charge in [0.05, 0.1) is 6.26 Å². The third-order valence-corrected chi connectivity index (χ3v) is 3.50. The Balaban J connectivity index is 1.80. The van der Waals surface area contributed by atoms with Crippen LogP contribution in [0.2, 0.25) is 0 Å². The van der Waals surface area contributed by atoms with E-state index < -0.39 is 0 Å². The van der Waals surface area contributed by atoms with Gasteiger partial charge in [0, 0.05) is 23.5 Å². The van der Waals surface area contributed by atoms with Crippen LogP contribution in [0, 0.1) is 6.92 Å². The maximum Gasteiger partial charge on any atom is 0.134 e. The predicted octanol–water partition coefficient (Wildman–Crippen LogP) is 3.38. The van der Waals surface area contributed by atoms with E-state index in [0.717, 1.165) is 18.2 Å². The van der Waals surface area contributed by atoms with Crippen molar-refractivity contribution in [3.05, 3.63) is 35.6 Å².